The molecule has 682 valence electrons. The number of amides is 1. The van der Waals surface area contributed by atoms with Crippen LogP contribution in [0.25, 0.3) is 0 Å². The number of nitrogens with zero attached hydrogens (tertiary/aromatic N) is 2. The summed E-state index contributed by atoms with van der Waals surface area (Å²) in [6.07, 6.45) is 19.4. The summed E-state index contributed by atoms with van der Waals surface area (Å²) in [5, 5.41) is 50.3. The van der Waals surface area contributed by atoms with Crippen LogP contribution in [0.2, 0.25) is 0 Å². The Morgan fingerprint density at radius 2 is 0.838 bits per heavy atom. The van der Waals surface area contributed by atoms with Crippen LogP contribution >= 0.6 is 0 Å². The summed E-state index contributed by atoms with van der Waals surface area (Å²) in [4.78, 5) is 113. The van der Waals surface area contributed by atoms with Gasteiger partial charge < -0.3 is 61.4 Å². The predicted octanol–water partition coefficient (Wildman–Crippen LogP) is 20.4. The second-order valence-electron chi connectivity index (χ2n) is 34.1. The summed E-state index contributed by atoms with van der Waals surface area (Å²) in [7, 11) is 3.15. The Balaban J connectivity index is -0.000000163. The van der Waals surface area contributed by atoms with Gasteiger partial charge in [0.15, 0.2) is 5.92 Å². The first-order valence-electron chi connectivity index (χ1n) is 41.3. The van der Waals surface area contributed by atoms with Gasteiger partial charge in [0.2, 0.25) is 5.91 Å². The molecule has 25 heteroatoms. The van der Waals surface area contributed by atoms with E-state index in [-0.39, 0.29) is 103 Å². The lowest BCUT2D eigenvalue weighted by Crippen LogP contribution is -2.39. The molecule has 3 unspecified atom stereocenters. The lowest BCUT2D eigenvalue weighted by atomic mass is 9.75. The summed E-state index contributed by atoms with van der Waals surface area (Å²) in [6, 6.07) is 21.2. The molecule has 25 nitrogen and oxygen atoms in total. The summed E-state index contributed by atoms with van der Waals surface area (Å²) >= 11 is 0. The maximum atomic E-state index is 11.9. The molecule has 1 amide bonds. The largest absolute Gasteiger partial charge is 0.483 e. The molecule has 0 heterocycles. The van der Waals surface area contributed by atoms with Gasteiger partial charge in [-0.05, 0) is 155 Å². The Bertz CT molecular complexity index is 2960. The first kappa shape index (κ1) is 127. The topological polar surface area (TPSA) is 410 Å². The van der Waals surface area contributed by atoms with Crippen LogP contribution in [0.5, 0.6) is 0 Å². The van der Waals surface area contributed by atoms with E-state index in [1.807, 2.05) is 83.1 Å². The van der Waals surface area contributed by atoms with Crippen LogP contribution in [-0.4, -0.2) is 145 Å². The first-order chi connectivity index (χ1) is 53.3. The van der Waals surface area contributed by atoms with Crippen molar-refractivity contribution in [2.45, 2.75) is 354 Å². The highest BCUT2D eigenvalue weighted by atomic mass is 16.7. The van der Waals surface area contributed by atoms with Gasteiger partial charge in [0, 0.05) is 33.0 Å². The maximum absolute atomic E-state index is 11.9. The van der Waals surface area contributed by atoms with E-state index in [1.54, 1.807) is 48.6 Å². The number of benzene rings is 2. The van der Waals surface area contributed by atoms with E-state index in [0.29, 0.717) is 37.8 Å². The molecular weight excluding hydrogens is 1490 g/mol. The number of carbonyl (C=O) groups excluding carboxylic acids is 6. The van der Waals surface area contributed by atoms with E-state index in [1.165, 1.54) is 30.6 Å². The average molecular weight is 1660 g/mol. The predicted molar refractivity (Wildman–Crippen MR) is 474 cm³/mol. The number of carbonyl (C=O) groups is 10. The number of ether oxygens (including phenoxy) is 4. The fourth-order valence-electron chi connectivity index (χ4n) is 12.6. The van der Waals surface area contributed by atoms with E-state index in [9.17, 15) is 53.5 Å². The number of carboxylic acids is 3. The van der Waals surface area contributed by atoms with Gasteiger partial charge in [-0.15, -0.1) is 0 Å². The molecule has 0 bridgehead atoms. The van der Waals surface area contributed by atoms with Crippen LogP contribution in [0.1, 0.15) is 334 Å². The number of hydrogen-bond acceptors (Lipinski definition) is 20. The fraction of sp³-hybridized carbons (Fsp3) is 0.728. The summed E-state index contributed by atoms with van der Waals surface area (Å²) in [5.41, 5.74) is 8.56. The first-order valence-corrected chi connectivity index (χ1v) is 41.3. The fourth-order valence-corrected chi connectivity index (χ4v) is 12.6. The minimum absolute atomic E-state index is 0. The second-order valence-corrected chi connectivity index (χ2v) is 34.1. The molecule has 2 aromatic carbocycles. The molecular formula is C92H170N6O19. The van der Waals surface area contributed by atoms with E-state index in [0.717, 1.165) is 102 Å². The van der Waals surface area contributed by atoms with Crippen LogP contribution < -0.4 is 22.5 Å². The van der Waals surface area contributed by atoms with Crippen molar-refractivity contribution in [1.82, 2.24) is 21.8 Å². The van der Waals surface area contributed by atoms with E-state index in [2.05, 4.69) is 140 Å². The molecule has 0 aliphatic heterocycles. The Morgan fingerprint density at radius 3 is 1.15 bits per heavy atom. The summed E-state index contributed by atoms with van der Waals surface area (Å²) < 4.78 is 19.4. The third kappa shape index (κ3) is 73.3. The Hall–Kier alpha value is -7.63. The molecule has 0 saturated heterocycles. The molecule has 0 fully saturated rings. The Labute approximate surface area is 709 Å². The number of carboxylic acid groups (broad SMARTS) is 4. The van der Waals surface area contributed by atoms with Crippen molar-refractivity contribution in [2.24, 2.45) is 49.6 Å². The number of rotatable bonds is 44. The van der Waals surface area contributed by atoms with Crippen LogP contribution in [0.4, 0.5) is 0 Å². The van der Waals surface area contributed by atoms with Crippen molar-refractivity contribution in [2.75, 3.05) is 40.6 Å². The zero-order valence-corrected chi connectivity index (χ0v) is 77.7. The van der Waals surface area contributed by atoms with Crippen molar-refractivity contribution >= 4 is 60.5 Å². The SMILES string of the molecule is C.CCCC(C)(C)C(C(=O)OCC)C(=O)OCC.CCCC(C)(C)CC(=O)N(C)OC.CCCC(C)(C)CC(=O)O.CCCC(C)(C)CC(C#N)NCc1ccccc1.CCCC(C)(C)CC(N)C(=O)O.CCCC(C)(C)CC(NCc1ccccc1)C(=O)O.CCCC(C)(C)CC=O.CCOC(=O)C(C(=O)OCC)=C(C)C.N.O=CO. The molecule has 0 radical (unpaired) electrons. The Kier molecular flexibility index (Phi) is 78.9. The molecule has 2 aromatic rings. The zero-order valence-electron chi connectivity index (χ0n) is 77.7. The summed E-state index contributed by atoms with van der Waals surface area (Å²) in [6.45, 7) is 56.2. The van der Waals surface area contributed by atoms with Gasteiger partial charge in [0.05, 0.1) is 52.1 Å². The number of hydroxylamine groups is 2. The highest BCUT2D eigenvalue weighted by Crippen LogP contribution is 2.35. The highest BCUT2D eigenvalue weighted by Gasteiger charge is 2.43. The number of esters is 4. The molecule has 0 aromatic heterocycles. The zero-order chi connectivity index (χ0) is 90.8. The van der Waals surface area contributed by atoms with Gasteiger partial charge in [0.25, 0.3) is 6.47 Å². The van der Waals surface area contributed by atoms with Gasteiger partial charge in [0.1, 0.15) is 23.9 Å². The maximum Gasteiger partial charge on any atom is 0.345 e. The van der Waals surface area contributed by atoms with Crippen molar-refractivity contribution in [1.29, 1.82) is 5.26 Å². The minimum Gasteiger partial charge on any atom is -0.483 e. The van der Waals surface area contributed by atoms with Gasteiger partial charge in [-0.1, -0.05) is 264 Å². The lowest BCUT2D eigenvalue weighted by molar-refractivity contribution is -0.171. The van der Waals surface area contributed by atoms with Crippen molar-refractivity contribution in [3.63, 3.8) is 0 Å². The average Bonchev–Trinajstić information content (AvgIpc) is 0.837. The molecule has 2 rings (SSSR count). The van der Waals surface area contributed by atoms with Crippen molar-refractivity contribution < 1.29 is 92.2 Å². The number of nitriles is 1. The van der Waals surface area contributed by atoms with Gasteiger partial charge in [-0.3, -0.25) is 43.7 Å². The number of aliphatic carboxylic acids is 3. The molecule has 0 aliphatic carbocycles. The van der Waals surface area contributed by atoms with Crippen LogP contribution in [0, 0.1) is 55.2 Å². The van der Waals surface area contributed by atoms with Gasteiger partial charge in [-0.2, -0.15) is 5.26 Å². The van der Waals surface area contributed by atoms with E-state index in [4.69, 9.17) is 49.6 Å². The number of nitrogens with one attached hydrogen (secondary N) is 2. The van der Waals surface area contributed by atoms with E-state index >= 15 is 0 Å². The van der Waals surface area contributed by atoms with Crippen LogP contribution in [0.15, 0.2) is 71.8 Å². The third-order valence-corrected chi connectivity index (χ3v) is 18.1. The van der Waals surface area contributed by atoms with Gasteiger partial charge >= 0.3 is 41.8 Å². The number of nitrogens with two attached hydrogens (primary N) is 1. The number of aldehydes is 1. The number of hydrogen-bond donors (Lipinski definition) is 8. The van der Waals surface area contributed by atoms with Crippen LogP contribution in [0.3, 0.4) is 0 Å². The normalized spacial score (nSPS) is 11.6. The molecule has 0 saturated carbocycles. The summed E-state index contributed by atoms with van der Waals surface area (Å²) in [5.74, 6) is -5.35. The van der Waals surface area contributed by atoms with Crippen LogP contribution in [-0.2, 0) is 84.8 Å². The second kappa shape index (κ2) is 72.4. The van der Waals surface area contributed by atoms with Crippen molar-refractivity contribution in [3.8, 4) is 6.07 Å². The molecule has 0 spiro atoms. The molecule has 117 heavy (non-hydrogen) atoms. The lowest BCUT2D eigenvalue weighted by Gasteiger charge is -2.30. The van der Waals surface area contributed by atoms with E-state index < -0.39 is 65.2 Å². The molecule has 11 N–H and O–H groups in total. The monoisotopic (exact) mass is 1660 g/mol. The Morgan fingerprint density at radius 1 is 0.504 bits per heavy atom. The number of allylic oxidation sites excluding steroid dienone is 1. The third-order valence-electron chi connectivity index (χ3n) is 18.1. The molecule has 3 atom stereocenters. The highest BCUT2D eigenvalue weighted by molar-refractivity contribution is 6.14. The quantitative estimate of drug-likeness (QED) is 0.00581. The van der Waals surface area contributed by atoms with Crippen molar-refractivity contribution in [3.05, 3.63) is 82.9 Å². The minimum atomic E-state index is -0.904. The van der Waals surface area contributed by atoms with Gasteiger partial charge in [-0.25, -0.2) is 14.7 Å². The molecule has 0 aliphatic rings. The standard InChI is InChI=1S/C16H24N2.C16H25NO2.C13H24O4.C10H21NO2.C10H16O4.C9H19NO2.C8H16O2.C8H16O.CH2O2.CH4.H3N/c1-4-10-16(2,3)11-15(12-17)18-13-14-8-6-5-7-9-14;1-4-10-16(2,3)11-14(15(18)19)17-12-13-8-6-5-7-9-13;1-6-9-13(4,5)10(11(14)16-7-2)12(15)17-8-3;1-6-7-10(2,3)8-9(12)11(4)13-5;1-5-13-9(11)8(7(3)4)10(12)14-6-2;1-4-5-9(2,3)6-7(10)8(11)12;1-4-5-8(2,3)6-7(9)10;1-4-5-8(2,3)6-7-9;2-1-3;;/h5-9,15,18H,4,10-11,13H2,1-3H3;5-9,14,17H,4,10-12H2,1-3H3,(H,18,19);10H,6-9H2,1-5H3;6-8H2,1-5H3;5-6H2,1-4H3;7H,4-6,10H2,1-3H3,(H,11,12);4-6H2,1-3H3,(H,9,10);7H,4-6H2,1-3H3;1H,(H,2,3);1H4;1H3. The smallest absolute Gasteiger partial charge is 0.345 e.